The Morgan fingerprint density at radius 2 is 1.95 bits per heavy atom. The molecular formula is C16H20N2O3. The van der Waals surface area contributed by atoms with E-state index in [4.69, 9.17) is 0 Å². The Morgan fingerprint density at radius 1 is 1.19 bits per heavy atom. The maximum Gasteiger partial charge on any atom is 0.326 e. The molecule has 2 fully saturated rings. The topological polar surface area (TPSA) is 69.6 Å². The molecule has 2 aliphatic heterocycles. The van der Waals surface area contributed by atoms with Crippen LogP contribution in [0.4, 0.5) is 0 Å². The minimum atomic E-state index is -0.893. The van der Waals surface area contributed by atoms with Crippen LogP contribution >= 0.6 is 0 Å². The normalized spacial score (nSPS) is 28.8. The van der Waals surface area contributed by atoms with Crippen LogP contribution in [-0.2, 0) is 9.59 Å². The average molecular weight is 288 g/mol. The van der Waals surface area contributed by atoms with E-state index >= 15 is 0 Å². The van der Waals surface area contributed by atoms with Crippen LogP contribution in [-0.4, -0.2) is 47.1 Å². The number of nitrogens with one attached hydrogen (secondary N) is 1. The van der Waals surface area contributed by atoms with Crippen molar-refractivity contribution in [3.8, 4) is 0 Å². The maximum atomic E-state index is 12.7. The Balaban J connectivity index is 1.79. The van der Waals surface area contributed by atoms with Gasteiger partial charge in [0.25, 0.3) is 0 Å². The van der Waals surface area contributed by atoms with Crippen LogP contribution < -0.4 is 5.32 Å². The van der Waals surface area contributed by atoms with E-state index in [1.165, 1.54) is 0 Å². The lowest BCUT2D eigenvalue weighted by atomic mass is 9.91. The Bertz CT molecular complexity index is 532. The molecule has 0 bridgehead atoms. The third-order valence-corrected chi connectivity index (χ3v) is 4.54. The number of carboxylic acid groups (broad SMARTS) is 1. The van der Waals surface area contributed by atoms with Crippen LogP contribution in [0.5, 0.6) is 0 Å². The van der Waals surface area contributed by atoms with Crippen molar-refractivity contribution in [3.05, 3.63) is 35.9 Å². The zero-order valence-electron chi connectivity index (χ0n) is 11.9. The smallest absolute Gasteiger partial charge is 0.326 e. The number of aliphatic carboxylic acids is 1. The van der Waals surface area contributed by atoms with Crippen molar-refractivity contribution in [2.24, 2.45) is 0 Å². The molecule has 0 aliphatic carbocycles. The summed E-state index contributed by atoms with van der Waals surface area (Å²) in [6.07, 6.45) is 2.24. The molecule has 5 heteroatoms. The van der Waals surface area contributed by atoms with Gasteiger partial charge in [0.15, 0.2) is 0 Å². The van der Waals surface area contributed by atoms with Crippen molar-refractivity contribution in [1.29, 1.82) is 0 Å². The molecule has 1 aromatic carbocycles. The number of hydrogen-bond donors (Lipinski definition) is 2. The molecule has 3 atom stereocenters. The number of carbonyl (C=O) groups excluding carboxylic acids is 1. The fourth-order valence-corrected chi connectivity index (χ4v) is 3.49. The zero-order chi connectivity index (χ0) is 14.8. The fraction of sp³-hybridized carbons (Fsp3) is 0.500. The number of nitrogens with zero attached hydrogens (tertiary/aromatic N) is 1. The summed E-state index contributed by atoms with van der Waals surface area (Å²) in [6, 6.07) is 9.04. The molecule has 2 aliphatic rings. The quantitative estimate of drug-likeness (QED) is 0.877. The monoisotopic (exact) mass is 288 g/mol. The first kappa shape index (κ1) is 14.1. The first-order valence-electron chi connectivity index (χ1n) is 7.50. The van der Waals surface area contributed by atoms with Crippen LogP contribution in [0.1, 0.15) is 30.7 Å². The van der Waals surface area contributed by atoms with Gasteiger partial charge in [0.2, 0.25) is 5.91 Å². The van der Waals surface area contributed by atoms with Crippen LogP contribution in [0.25, 0.3) is 0 Å². The molecule has 5 nitrogen and oxygen atoms in total. The summed E-state index contributed by atoms with van der Waals surface area (Å²) < 4.78 is 0. The van der Waals surface area contributed by atoms with Gasteiger partial charge < -0.3 is 15.3 Å². The molecule has 0 spiro atoms. The van der Waals surface area contributed by atoms with E-state index in [1.54, 1.807) is 4.90 Å². The summed E-state index contributed by atoms with van der Waals surface area (Å²) in [4.78, 5) is 25.6. The molecule has 2 heterocycles. The number of benzene rings is 1. The average Bonchev–Trinajstić information content (AvgIpc) is 3.16. The second-order valence-corrected chi connectivity index (χ2v) is 5.77. The Morgan fingerprint density at radius 3 is 2.67 bits per heavy atom. The third-order valence-electron chi connectivity index (χ3n) is 4.54. The standard InChI is InChI=1S/C16H20N2O3/c19-15(18-10-4-7-13(18)16(20)21)14-12(8-9-17-14)11-5-2-1-3-6-11/h1-3,5-6,12-14,17H,4,7-10H2,(H,20,21)/t12?,13-,14-/m0/s1. The predicted molar refractivity (Wildman–Crippen MR) is 78.0 cm³/mol. The number of carbonyl (C=O) groups is 2. The molecule has 0 aromatic heterocycles. The minimum absolute atomic E-state index is 0.0637. The van der Waals surface area contributed by atoms with Gasteiger partial charge in [-0.05, 0) is 31.4 Å². The number of carboxylic acids is 1. The molecule has 0 radical (unpaired) electrons. The number of rotatable bonds is 3. The van der Waals surface area contributed by atoms with Crippen molar-refractivity contribution in [2.75, 3.05) is 13.1 Å². The van der Waals surface area contributed by atoms with Gasteiger partial charge in [-0.3, -0.25) is 4.79 Å². The first-order valence-corrected chi connectivity index (χ1v) is 7.50. The predicted octanol–water partition coefficient (Wildman–Crippen LogP) is 1.21. The third kappa shape index (κ3) is 2.65. The van der Waals surface area contributed by atoms with E-state index in [-0.39, 0.29) is 17.9 Å². The van der Waals surface area contributed by atoms with E-state index in [2.05, 4.69) is 5.32 Å². The summed E-state index contributed by atoms with van der Waals surface area (Å²) in [5.74, 6) is -0.824. The minimum Gasteiger partial charge on any atom is -0.480 e. The van der Waals surface area contributed by atoms with Gasteiger partial charge in [0.1, 0.15) is 6.04 Å². The van der Waals surface area contributed by atoms with Crippen LogP contribution in [0.2, 0.25) is 0 Å². The largest absolute Gasteiger partial charge is 0.480 e. The van der Waals surface area contributed by atoms with Crippen LogP contribution in [0.15, 0.2) is 30.3 Å². The Kier molecular flexibility index (Phi) is 3.92. The summed E-state index contributed by atoms with van der Waals surface area (Å²) in [6.45, 7) is 1.34. The van der Waals surface area contributed by atoms with Gasteiger partial charge >= 0.3 is 5.97 Å². The van der Waals surface area contributed by atoms with E-state index in [9.17, 15) is 14.7 Å². The van der Waals surface area contributed by atoms with E-state index in [1.807, 2.05) is 30.3 Å². The SMILES string of the molecule is O=C(O)[C@@H]1CCCN1C(=O)[C@H]1NCCC1c1ccccc1. The molecule has 2 saturated heterocycles. The van der Waals surface area contributed by atoms with Gasteiger partial charge in [0.05, 0.1) is 6.04 Å². The number of likely N-dealkylation sites (tertiary alicyclic amines) is 1. The summed E-state index contributed by atoms with van der Waals surface area (Å²) in [7, 11) is 0. The van der Waals surface area contributed by atoms with Gasteiger partial charge in [-0.25, -0.2) is 4.79 Å². The molecule has 1 unspecified atom stereocenters. The summed E-state index contributed by atoms with van der Waals surface area (Å²) in [5.41, 5.74) is 1.15. The zero-order valence-corrected chi connectivity index (χ0v) is 11.9. The molecule has 21 heavy (non-hydrogen) atoms. The van der Waals surface area contributed by atoms with Crippen molar-refractivity contribution in [2.45, 2.75) is 37.3 Å². The lowest BCUT2D eigenvalue weighted by Gasteiger charge is -2.28. The Hall–Kier alpha value is -1.88. The van der Waals surface area contributed by atoms with Gasteiger partial charge in [-0.15, -0.1) is 0 Å². The van der Waals surface area contributed by atoms with Gasteiger partial charge in [-0.2, -0.15) is 0 Å². The molecule has 112 valence electrons. The fourth-order valence-electron chi connectivity index (χ4n) is 3.49. The molecule has 3 rings (SSSR count). The summed E-state index contributed by atoms with van der Waals surface area (Å²) in [5, 5.41) is 12.5. The van der Waals surface area contributed by atoms with Gasteiger partial charge in [-0.1, -0.05) is 30.3 Å². The van der Waals surface area contributed by atoms with Gasteiger partial charge in [0, 0.05) is 12.5 Å². The highest BCUT2D eigenvalue weighted by Gasteiger charge is 2.41. The molecule has 1 aromatic rings. The lowest BCUT2D eigenvalue weighted by Crippen LogP contribution is -2.49. The number of hydrogen-bond acceptors (Lipinski definition) is 3. The Labute approximate surface area is 123 Å². The lowest BCUT2D eigenvalue weighted by molar-refractivity contribution is -0.149. The molecule has 0 saturated carbocycles. The van der Waals surface area contributed by atoms with Crippen molar-refractivity contribution >= 4 is 11.9 Å². The highest BCUT2D eigenvalue weighted by Crippen LogP contribution is 2.30. The number of amides is 1. The molecule has 1 amide bonds. The molecule has 2 N–H and O–H groups in total. The van der Waals surface area contributed by atoms with Crippen LogP contribution in [0.3, 0.4) is 0 Å². The van der Waals surface area contributed by atoms with Crippen LogP contribution in [0, 0.1) is 0 Å². The second kappa shape index (κ2) is 5.85. The highest BCUT2D eigenvalue weighted by molar-refractivity contribution is 5.88. The van der Waals surface area contributed by atoms with Crippen molar-refractivity contribution < 1.29 is 14.7 Å². The second-order valence-electron chi connectivity index (χ2n) is 5.77. The summed E-state index contributed by atoms with van der Waals surface area (Å²) >= 11 is 0. The van der Waals surface area contributed by atoms with E-state index in [0.29, 0.717) is 13.0 Å². The van der Waals surface area contributed by atoms with E-state index in [0.717, 1.165) is 24.9 Å². The first-order chi connectivity index (χ1) is 10.2. The van der Waals surface area contributed by atoms with E-state index < -0.39 is 12.0 Å². The van der Waals surface area contributed by atoms with Crippen molar-refractivity contribution in [3.63, 3.8) is 0 Å². The highest BCUT2D eigenvalue weighted by atomic mass is 16.4. The maximum absolute atomic E-state index is 12.7. The van der Waals surface area contributed by atoms with Crippen molar-refractivity contribution in [1.82, 2.24) is 10.2 Å². The molecular weight excluding hydrogens is 268 g/mol.